The van der Waals surface area contributed by atoms with Crippen LogP contribution >= 0.6 is 0 Å². The second-order valence-electron chi connectivity index (χ2n) is 6.85. The maximum Gasteiger partial charge on any atom is 0.350 e. The third-order valence-corrected chi connectivity index (χ3v) is 4.77. The van der Waals surface area contributed by atoms with Crippen molar-refractivity contribution in [1.82, 2.24) is 4.98 Å². The van der Waals surface area contributed by atoms with Gasteiger partial charge in [0.15, 0.2) is 6.29 Å². The van der Waals surface area contributed by atoms with Crippen LogP contribution < -0.4 is 0 Å². The van der Waals surface area contributed by atoms with Crippen LogP contribution in [-0.2, 0) is 35.0 Å². The number of hydrogen-bond acceptors (Lipinski definition) is 7. The van der Waals surface area contributed by atoms with E-state index in [1.807, 2.05) is 30.3 Å². The van der Waals surface area contributed by atoms with Gasteiger partial charge in [-0.3, -0.25) is 4.98 Å². The van der Waals surface area contributed by atoms with Gasteiger partial charge in [0.05, 0.1) is 18.7 Å². The van der Waals surface area contributed by atoms with Gasteiger partial charge in [-0.05, 0) is 45.2 Å². The highest BCUT2D eigenvalue weighted by Gasteiger charge is 2.53. The van der Waals surface area contributed by atoms with E-state index in [4.69, 9.17) is 18.9 Å². The molecule has 2 heterocycles. The van der Waals surface area contributed by atoms with Crippen molar-refractivity contribution in [2.75, 3.05) is 19.8 Å². The number of para-hydroxylation sites is 1. The third-order valence-electron chi connectivity index (χ3n) is 4.77. The number of rotatable bonds is 8. The molecule has 3 rings (SSSR count). The lowest BCUT2D eigenvalue weighted by molar-refractivity contribution is -0.240. The van der Waals surface area contributed by atoms with Crippen LogP contribution in [0.4, 0.5) is 0 Å². The maximum atomic E-state index is 13.0. The number of hydrogen-bond donors (Lipinski definition) is 0. The number of pyridine rings is 1. The van der Waals surface area contributed by atoms with Crippen LogP contribution in [0, 0.1) is 0 Å². The van der Waals surface area contributed by atoms with E-state index in [1.54, 1.807) is 19.9 Å². The topological polar surface area (TPSA) is 84.0 Å². The lowest BCUT2D eigenvalue weighted by Gasteiger charge is -2.34. The molecule has 1 saturated heterocycles. The minimum atomic E-state index is -1.97. The summed E-state index contributed by atoms with van der Waals surface area (Å²) in [4.78, 5) is 30.6. The van der Waals surface area contributed by atoms with Crippen molar-refractivity contribution in [2.24, 2.45) is 0 Å². The Labute approximate surface area is 170 Å². The fourth-order valence-electron chi connectivity index (χ4n) is 3.35. The zero-order valence-corrected chi connectivity index (χ0v) is 16.9. The van der Waals surface area contributed by atoms with Crippen LogP contribution in [0.15, 0.2) is 36.4 Å². The molecule has 1 aromatic carbocycles. The predicted octanol–water partition coefficient (Wildman–Crippen LogP) is 3.19. The second kappa shape index (κ2) is 9.80. The van der Waals surface area contributed by atoms with Gasteiger partial charge in [-0.25, -0.2) is 9.59 Å². The smallest absolute Gasteiger partial charge is 0.350 e. The van der Waals surface area contributed by atoms with Crippen LogP contribution in [0.1, 0.15) is 38.8 Å². The van der Waals surface area contributed by atoms with Gasteiger partial charge in [-0.1, -0.05) is 24.3 Å². The van der Waals surface area contributed by atoms with E-state index in [2.05, 4.69) is 4.98 Å². The first kappa shape index (κ1) is 21.2. The summed E-state index contributed by atoms with van der Waals surface area (Å²) in [5.41, 5.74) is -0.676. The van der Waals surface area contributed by atoms with E-state index >= 15 is 0 Å². The number of aromatic nitrogens is 1. The summed E-state index contributed by atoms with van der Waals surface area (Å²) in [6.45, 7) is 4.10. The Hall–Kier alpha value is -2.51. The fraction of sp³-hybridized carbons (Fsp3) is 0.500. The molecular formula is C22H27NO6. The number of carbonyl (C=O) groups is 2. The molecule has 1 aromatic heterocycles. The van der Waals surface area contributed by atoms with E-state index in [9.17, 15) is 9.59 Å². The van der Waals surface area contributed by atoms with Gasteiger partial charge < -0.3 is 18.9 Å². The molecule has 29 heavy (non-hydrogen) atoms. The summed E-state index contributed by atoms with van der Waals surface area (Å²) in [5, 5.41) is 0.964. The molecule has 0 aliphatic carbocycles. The molecule has 0 saturated carbocycles. The van der Waals surface area contributed by atoms with E-state index in [1.165, 1.54) is 0 Å². The van der Waals surface area contributed by atoms with Gasteiger partial charge in [0, 0.05) is 24.1 Å². The van der Waals surface area contributed by atoms with Gasteiger partial charge >= 0.3 is 11.9 Å². The van der Waals surface area contributed by atoms with E-state index in [0.717, 1.165) is 23.7 Å². The molecule has 7 nitrogen and oxygen atoms in total. The second-order valence-corrected chi connectivity index (χ2v) is 6.85. The SMILES string of the molecule is CCOC(=O)C(Cc1ccc2ccccc2n1)(OC1CCCCO1)C(=O)OCC. The molecule has 1 atom stereocenters. The predicted molar refractivity (Wildman–Crippen MR) is 106 cm³/mol. The molecule has 1 aliphatic heterocycles. The molecule has 2 aromatic rings. The van der Waals surface area contributed by atoms with Gasteiger partial charge in [0.25, 0.3) is 5.60 Å². The van der Waals surface area contributed by atoms with Crippen molar-refractivity contribution in [3.63, 3.8) is 0 Å². The first-order valence-electron chi connectivity index (χ1n) is 10.1. The van der Waals surface area contributed by atoms with Gasteiger partial charge in [0.2, 0.25) is 0 Å². The maximum absolute atomic E-state index is 13.0. The van der Waals surface area contributed by atoms with Crippen LogP contribution in [0.25, 0.3) is 10.9 Å². The van der Waals surface area contributed by atoms with Crippen molar-refractivity contribution in [2.45, 2.75) is 51.4 Å². The summed E-state index contributed by atoms with van der Waals surface area (Å²) < 4.78 is 22.1. The van der Waals surface area contributed by atoms with Gasteiger partial charge in [-0.2, -0.15) is 0 Å². The summed E-state index contributed by atoms with van der Waals surface area (Å²) in [6, 6.07) is 11.3. The molecule has 0 amide bonds. The standard InChI is InChI=1S/C22H27NO6/c1-3-26-20(24)22(21(25)27-4-2,29-19-11-7-8-14-28-19)15-17-13-12-16-9-5-6-10-18(16)23-17/h5-6,9-10,12-13,19H,3-4,7-8,11,14-15H2,1-2H3. The molecule has 1 unspecified atom stereocenters. The number of esters is 2. The highest BCUT2D eigenvalue weighted by molar-refractivity contribution is 6.04. The highest BCUT2D eigenvalue weighted by atomic mass is 16.7. The third kappa shape index (κ3) is 4.92. The monoisotopic (exact) mass is 401 g/mol. The summed E-state index contributed by atoms with van der Waals surface area (Å²) in [6.07, 6.45) is 1.61. The average Bonchev–Trinajstić information content (AvgIpc) is 2.74. The molecule has 0 bridgehead atoms. The summed E-state index contributed by atoms with van der Waals surface area (Å²) >= 11 is 0. The van der Waals surface area contributed by atoms with Crippen LogP contribution in [-0.4, -0.2) is 48.6 Å². The van der Waals surface area contributed by atoms with Gasteiger partial charge in [0.1, 0.15) is 0 Å². The van der Waals surface area contributed by atoms with Crippen LogP contribution in [0.3, 0.4) is 0 Å². The fourth-order valence-corrected chi connectivity index (χ4v) is 3.35. The quantitative estimate of drug-likeness (QED) is 0.496. The molecule has 1 aliphatic rings. The Morgan fingerprint density at radius 1 is 1.07 bits per heavy atom. The van der Waals surface area contributed by atoms with Crippen molar-refractivity contribution in [3.05, 3.63) is 42.1 Å². The first-order chi connectivity index (χ1) is 14.1. The normalized spacial score (nSPS) is 17.1. The number of carbonyl (C=O) groups excluding carboxylic acids is 2. The Balaban J connectivity index is 1.99. The Bertz CT molecular complexity index is 828. The summed E-state index contributed by atoms with van der Waals surface area (Å²) in [7, 11) is 0. The molecule has 156 valence electrons. The molecule has 1 fully saturated rings. The minimum Gasteiger partial charge on any atom is -0.463 e. The minimum absolute atomic E-state index is 0.102. The number of benzene rings is 1. The number of ether oxygens (including phenoxy) is 4. The molecule has 0 radical (unpaired) electrons. The molecule has 0 spiro atoms. The highest BCUT2D eigenvalue weighted by Crippen LogP contribution is 2.28. The van der Waals surface area contributed by atoms with Gasteiger partial charge in [-0.15, -0.1) is 0 Å². The largest absolute Gasteiger partial charge is 0.463 e. The summed E-state index contributed by atoms with van der Waals surface area (Å²) in [5.74, 6) is -1.58. The van der Waals surface area contributed by atoms with E-state index in [-0.39, 0.29) is 19.6 Å². The molecule has 0 N–H and O–H groups in total. The number of nitrogens with zero attached hydrogens (tertiary/aromatic N) is 1. The number of fused-ring (bicyclic) bond motifs is 1. The zero-order valence-electron chi connectivity index (χ0n) is 16.9. The van der Waals surface area contributed by atoms with Crippen molar-refractivity contribution >= 4 is 22.8 Å². The zero-order chi connectivity index (χ0) is 20.7. The molecular weight excluding hydrogens is 374 g/mol. The van der Waals surface area contributed by atoms with Crippen molar-refractivity contribution in [1.29, 1.82) is 0 Å². The lowest BCUT2D eigenvalue weighted by atomic mass is 9.96. The van der Waals surface area contributed by atoms with E-state index in [0.29, 0.717) is 18.7 Å². The first-order valence-corrected chi connectivity index (χ1v) is 10.1. The Morgan fingerprint density at radius 3 is 2.45 bits per heavy atom. The van der Waals surface area contributed by atoms with Crippen molar-refractivity contribution < 1.29 is 28.5 Å². The van der Waals surface area contributed by atoms with E-state index < -0.39 is 23.8 Å². The molecule has 7 heteroatoms. The van der Waals surface area contributed by atoms with Crippen molar-refractivity contribution in [3.8, 4) is 0 Å². The average molecular weight is 401 g/mol. The lowest BCUT2D eigenvalue weighted by Crippen LogP contribution is -2.55. The Morgan fingerprint density at radius 2 is 1.79 bits per heavy atom. The van der Waals surface area contributed by atoms with Crippen LogP contribution in [0.5, 0.6) is 0 Å². The van der Waals surface area contributed by atoms with Crippen LogP contribution in [0.2, 0.25) is 0 Å². The Kier molecular flexibility index (Phi) is 7.17.